The second kappa shape index (κ2) is 32.7. The van der Waals surface area contributed by atoms with Gasteiger partial charge in [0.1, 0.15) is 17.2 Å². The second-order valence-electron chi connectivity index (χ2n) is 31.4. The standard InChI is InChI=1S/C19H26O4.C19H26O3.C17H22O2.C16H19NO2S.C16H20O3/c1-11-7-12(2)19(9-20)10-23-18(17(11)13(19)3)14-5-6-15(21)16(8-14)22-4;1-12-9-13(2)19(10-20)11-22-18(17(12)14(19)3)15-5-7-16(21-4)8-6-15;1-11-4-7-13-10-15(11)16(19-17(13,2)3)12-5-8-14(18)9-6-12;1-12-9-13(2)16(14(3)10-12)20(18,19)17-11-15-7-5-4-6-8-15;1-11-6-7-16(9-17)8-14(11)15(19-10-16)12-2-4-13(18)5-3-12/h5-8,12-13,17-18,20-21H,9-10H2,1-4H3;5-9,13-14,17-18,20H,10-11H2,1-4H3;4-6,8-9,13,15-16,18H,7,10H2,1-3H3;4-10,17H,11H2,1-3H3;2-6,14-15,17-18H,7-10H2,1H3. The van der Waals surface area contributed by atoms with Gasteiger partial charge in [0.25, 0.3) is 0 Å². The Kier molecular flexibility index (Phi) is 24.9. The summed E-state index contributed by atoms with van der Waals surface area (Å²) in [6.45, 7) is 30.2. The number of ether oxygens (including phenoxy) is 6. The number of nitrogens with one attached hydrogen (secondary N) is 1. The molecule has 16 heteroatoms. The Labute approximate surface area is 612 Å². The fourth-order valence-corrected chi connectivity index (χ4v) is 19.5. The van der Waals surface area contributed by atoms with Crippen LogP contribution in [0.1, 0.15) is 164 Å². The van der Waals surface area contributed by atoms with Crippen LogP contribution in [-0.4, -0.2) is 98.5 Å². The summed E-state index contributed by atoms with van der Waals surface area (Å²) in [5.41, 5.74) is 13.0. The van der Waals surface area contributed by atoms with Crippen LogP contribution in [0.3, 0.4) is 0 Å². The van der Waals surface area contributed by atoms with Crippen molar-refractivity contribution in [3.8, 4) is 28.7 Å². The molecule has 7 N–H and O–H groups in total. The van der Waals surface area contributed by atoms with E-state index in [0.717, 1.165) is 58.4 Å². The number of sulfonamides is 1. The Bertz CT molecular complexity index is 4090. The summed E-state index contributed by atoms with van der Waals surface area (Å²) >= 11 is 0. The first-order valence-electron chi connectivity index (χ1n) is 36.7. The highest BCUT2D eigenvalue weighted by Crippen LogP contribution is 2.59. The lowest BCUT2D eigenvalue weighted by Crippen LogP contribution is -2.53. The lowest BCUT2D eigenvalue weighted by molar-refractivity contribution is -0.166. The van der Waals surface area contributed by atoms with Crippen LogP contribution in [0.2, 0.25) is 0 Å². The maximum Gasteiger partial charge on any atom is 0.241 e. The zero-order valence-electron chi connectivity index (χ0n) is 63.2. The van der Waals surface area contributed by atoms with Crippen LogP contribution in [0.4, 0.5) is 0 Å². The van der Waals surface area contributed by atoms with Crippen molar-refractivity contribution in [3.63, 3.8) is 0 Å². The Morgan fingerprint density at radius 1 is 0.544 bits per heavy atom. The van der Waals surface area contributed by atoms with Crippen LogP contribution in [-0.2, 0) is 35.5 Å². The van der Waals surface area contributed by atoms with E-state index in [1.807, 2.05) is 112 Å². The van der Waals surface area contributed by atoms with Crippen LogP contribution >= 0.6 is 0 Å². The van der Waals surface area contributed by atoms with Crippen molar-refractivity contribution in [1.29, 1.82) is 0 Å². The fraction of sp³-hybridized carbons (Fsp3) is 0.494. The van der Waals surface area contributed by atoms with Gasteiger partial charge in [0.15, 0.2) is 11.5 Å². The first kappa shape index (κ1) is 78.5. The van der Waals surface area contributed by atoms with E-state index in [9.17, 15) is 39.1 Å². The summed E-state index contributed by atoms with van der Waals surface area (Å²) < 4.78 is 63.0. The minimum absolute atomic E-state index is 0.0387. The van der Waals surface area contributed by atoms with E-state index < -0.39 is 10.0 Å². The number of phenols is 3. The van der Waals surface area contributed by atoms with Crippen molar-refractivity contribution in [2.45, 2.75) is 157 Å². The zero-order valence-corrected chi connectivity index (χ0v) is 64.0. The minimum atomic E-state index is -3.49. The summed E-state index contributed by atoms with van der Waals surface area (Å²) in [5.74, 6) is 5.41. The topological polar surface area (TPSA) is 223 Å². The number of hydrogen-bond acceptors (Lipinski definition) is 14. The van der Waals surface area contributed by atoms with E-state index >= 15 is 0 Å². The Morgan fingerprint density at radius 2 is 1.04 bits per heavy atom. The van der Waals surface area contributed by atoms with E-state index in [4.69, 9.17) is 28.4 Å². The maximum absolute atomic E-state index is 12.4. The molecule has 16 unspecified atom stereocenters. The third kappa shape index (κ3) is 16.6. The van der Waals surface area contributed by atoms with Gasteiger partial charge < -0.3 is 59.1 Å². The molecule has 0 radical (unpaired) electrons. The van der Waals surface area contributed by atoms with Crippen molar-refractivity contribution < 1.29 is 67.5 Å². The summed E-state index contributed by atoms with van der Waals surface area (Å²) in [6, 6.07) is 41.6. The molecule has 103 heavy (non-hydrogen) atoms. The van der Waals surface area contributed by atoms with E-state index in [1.54, 1.807) is 44.6 Å². The molecule has 16 atom stereocenters. The largest absolute Gasteiger partial charge is 0.508 e. The molecule has 15 nitrogen and oxygen atoms in total. The number of hydrogen-bond donors (Lipinski definition) is 7. The molecular weight excluding hydrogens is 1320 g/mol. The highest BCUT2D eigenvalue weighted by Gasteiger charge is 2.55. The number of fused-ring (bicyclic) bond motifs is 8. The summed E-state index contributed by atoms with van der Waals surface area (Å²) in [6.07, 6.45) is 13.6. The molecule has 14 rings (SSSR count). The van der Waals surface area contributed by atoms with Crippen LogP contribution in [0.5, 0.6) is 28.7 Å². The molecule has 556 valence electrons. The van der Waals surface area contributed by atoms with Gasteiger partial charge in [-0.15, -0.1) is 0 Å². The van der Waals surface area contributed by atoms with Crippen molar-refractivity contribution >= 4 is 10.0 Å². The lowest BCUT2D eigenvalue weighted by atomic mass is 9.56. The predicted molar refractivity (Wildman–Crippen MR) is 405 cm³/mol. The van der Waals surface area contributed by atoms with E-state index in [-0.39, 0.29) is 83.5 Å². The number of aromatic hydroxyl groups is 3. The third-order valence-corrected chi connectivity index (χ3v) is 26.4. The van der Waals surface area contributed by atoms with Gasteiger partial charge in [-0.2, -0.15) is 0 Å². The predicted octanol–water partition coefficient (Wildman–Crippen LogP) is 17.0. The number of phenolic OH excluding ortho intramolecular Hbond substituents is 3. The van der Waals surface area contributed by atoms with E-state index in [2.05, 4.69) is 110 Å². The van der Waals surface area contributed by atoms with Gasteiger partial charge >= 0.3 is 0 Å². The average molecular weight is 1430 g/mol. The number of aliphatic hydroxyl groups excluding tert-OH is 3. The SMILES string of the molecule is CC1=CCC2(CO)COC(c3ccc(O)cc3)C1C2.CC1=CCC2CC1C(c1ccc(O)cc1)OC2(C)C.COc1cc(C2OCC3(CO)C(C)C=C(C)C2C3C)ccc1O.COc1ccc(C2OCC3(CO)C(C)C=C(C)C2C3C)cc1.Cc1cc(C)c(S(=O)(=O)NCc2ccccc2)c(C)c1. The highest BCUT2D eigenvalue weighted by atomic mass is 32.2. The normalized spacial score (nSPS) is 30.7. The first-order valence-corrected chi connectivity index (χ1v) is 38.2. The third-order valence-electron chi connectivity index (χ3n) is 24.7. The zero-order chi connectivity index (χ0) is 74.5. The maximum atomic E-state index is 12.4. The number of aliphatic hydroxyl groups is 3. The number of rotatable bonds is 13. The monoisotopic (exact) mass is 1430 g/mol. The molecule has 0 spiro atoms. The lowest BCUT2D eigenvalue weighted by Gasteiger charge is -2.55. The molecule has 0 aromatic heterocycles. The summed E-state index contributed by atoms with van der Waals surface area (Å²) in [7, 11) is -0.258. The van der Waals surface area contributed by atoms with Crippen molar-refractivity contribution in [3.05, 3.63) is 225 Å². The van der Waals surface area contributed by atoms with Gasteiger partial charge in [-0.25, -0.2) is 13.1 Å². The molecule has 8 aliphatic rings. The molecule has 4 saturated heterocycles. The molecule has 0 amide bonds. The second-order valence-corrected chi connectivity index (χ2v) is 33.1. The molecule has 4 fully saturated rings. The van der Waals surface area contributed by atoms with Crippen LogP contribution in [0.25, 0.3) is 0 Å². The molecule has 8 bridgehead atoms. The highest BCUT2D eigenvalue weighted by molar-refractivity contribution is 7.89. The van der Waals surface area contributed by atoms with Crippen molar-refractivity contribution in [2.24, 2.45) is 69.5 Å². The van der Waals surface area contributed by atoms with Gasteiger partial charge in [0.05, 0.1) is 88.8 Å². The number of allylic oxidation sites excluding steroid dienone is 4. The van der Waals surface area contributed by atoms with Crippen LogP contribution in [0.15, 0.2) is 185 Å². The fourth-order valence-electron chi connectivity index (χ4n) is 18.0. The van der Waals surface area contributed by atoms with Gasteiger partial charge in [-0.1, -0.05) is 165 Å². The van der Waals surface area contributed by atoms with Crippen molar-refractivity contribution in [1.82, 2.24) is 4.72 Å². The van der Waals surface area contributed by atoms with E-state index in [0.29, 0.717) is 90.1 Å². The summed E-state index contributed by atoms with van der Waals surface area (Å²) in [5, 5.41) is 58.3. The van der Waals surface area contributed by atoms with Crippen LogP contribution < -0.4 is 14.2 Å². The first-order chi connectivity index (χ1) is 49.0. The summed E-state index contributed by atoms with van der Waals surface area (Å²) in [4.78, 5) is 0.388. The molecule has 6 aromatic carbocycles. The Morgan fingerprint density at radius 3 is 1.56 bits per heavy atom. The van der Waals surface area contributed by atoms with Crippen LogP contribution in [0, 0.1) is 90.3 Å². The quantitative estimate of drug-likeness (QED) is 0.0535. The Balaban J connectivity index is 0.000000139. The van der Waals surface area contributed by atoms with Gasteiger partial charge in [-0.3, -0.25) is 0 Å². The minimum Gasteiger partial charge on any atom is -0.508 e. The average Bonchev–Trinajstić information content (AvgIpc) is 0.741. The number of benzene rings is 6. The van der Waals surface area contributed by atoms with Gasteiger partial charge in [-0.05, 0) is 205 Å². The number of aryl methyl sites for hydroxylation is 3. The molecule has 0 saturated carbocycles. The molecule has 4 aliphatic carbocycles. The Hall–Kier alpha value is -7.09. The molecule has 6 aromatic rings. The smallest absolute Gasteiger partial charge is 0.241 e. The van der Waals surface area contributed by atoms with Gasteiger partial charge in [0, 0.05) is 46.5 Å². The molecule has 4 heterocycles. The molecule has 4 aliphatic heterocycles. The van der Waals surface area contributed by atoms with Crippen molar-refractivity contribution in [2.75, 3.05) is 53.9 Å². The van der Waals surface area contributed by atoms with Gasteiger partial charge in [0.2, 0.25) is 10.0 Å². The number of methoxy groups -OCH3 is 2. The molecular formula is C87H113NO14S. The van der Waals surface area contributed by atoms with E-state index in [1.165, 1.54) is 39.8 Å².